The van der Waals surface area contributed by atoms with Gasteiger partial charge in [-0.25, -0.2) is 18.9 Å². The summed E-state index contributed by atoms with van der Waals surface area (Å²) in [6, 6.07) is 11.3. The predicted molar refractivity (Wildman–Crippen MR) is 122 cm³/mol. The molecule has 36 heavy (non-hydrogen) atoms. The molecule has 2 aliphatic heterocycles. The Hall–Kier alpha value is -3.53. The molecule has 2 aromatic heterocycles. The number of rotatable bonds is 6. The van der Waals surface area contributed by atoms with Gasteiger partial charge in [0.05, 0.1) is 31.4 Å². The third kappa shape index (κ3) is 3.99. The highest BCUT2D eigenvalue weighted by Crippen LogP contribution is 2.60. The molecule has 13 nitrogen and oxygen atoms in total. The SMILES string of the molecule is CCOC(=O)c1ccccc1OP1(=O)OC[C@@]2(CC#N)O[C@@H](c3ccc4c(N)ncnn34)[C@H](O)[C@@H]2O1. The Kier molecular flexibility index (Phi) is 6.15. The van der Waals surface area contributed by atoms with Crippen molar-refractivity contribution in [3.8, 4) is 11.8 Å². The summed E-state index contributed by atoms with van der Waals surface area (Å²) in [7, 11) is -4.36. The van der Waals surface area contributed by atoms with Crippen LogP contribution in [0.5, 0.6) is 5.75 Å². The van der Waals surface area contributed by atoms with E-state index < -0.39 is 37.7 Å². The van der Waals surface area contributed by atoms with Crippen molar-refractivity contribution in [2.24, 2.45) is 0 Å². The number of nitrogens with two attached hydrogens (primary N) is 1. The fourth-order valence-electron chi connectivity index (χ4n) is 4.33. The number of hydrogen-bond acceptors (Lipinski definition) is 12. The summed E-state index contributed by atoms with van der Waals surface area (Å²) in [6.07, 6.45) is -2.64. The standard InChI is InChI=1S/C22H22N5O8P/c1-2-31-21(29)13-5-3-4-6-16(13)34-36(30)32-11-22(9-10-23)19(35-36)17(28)18(33-22)14-7-8-15-20(24)25-12-26-27(14)15/h3-8,12,17-19,28H,2,9,11H2,1H3,(H2,24,25,26)/t17-,18-,19-,22+,36?/m0/s1. The molecule has 5 rings (SSSR count). The lowest BCUT2D eigenvalue weighted by Gasteiger charge is -2.38. The van der Waals surface area contributed by atoms with Crippen molar-refractivity contribution >= 4 is 25.1 Å². The molecular weight excluding hydrogens is 493 g/mol. The molecule has 14 heteroatoms. The number of benzene rings is 1. The molecule has 0 aliphatic carbocycles. The number of carbonyl (C=O) groups excluding carboxylic acids is 1. The summed E-state index contributed by atoms with van der Waals surface area (Å²) in [6.45, 7) is 1.41. The topological polar surface area (TPSA) is 181 Å². The van der Waals surface area contributed by atoms with Crippen LogP contribution in [-0.4, -0.2) is 56.7 Å². The molecule has 0 amide bonds. The number of nitrogen functional groups attached to an aromatic ring is 1. The lowest BCUT2D eigenvalue weighted by Crippen LogP contribution is -2.51. The Bertz CT molecular complexity index is 1410. The zero-order chi connectivity index (χ0) is 25.5. The van der Waals surface area contributed by atoms with Gasteiger partial charge in [0, 0.05) is 0 Å². The van der Waals surface area contributed by atoms with Gasteiger partial charge >= 0.3 is 13.8 Å². The largest absolute Gasteiger partial charge is 0.530 e. The van der Waals surface area contributed by atoms with E-state index in [9.17, 15) is 19.7 Å². The van der Waals surface area contributed by atoms with Gasteiger partial charge in [-0.05, 0) is 31.2 Å². The summed E-state index contributed by atoms with van der Waals surface area (Å²) >= 11 is 0. The summed E-state index contributed by atoms with van der Waals surface area (Å²) in [5.41, 5.74) is 5.40. The van der Waals surface area contributed by atoms with Gasteiger partial charge in [-0.2, -0.15) is 10.4 Å². The van der Waals surface area contributed by atoms with Crippen LogP contribution in [0.2, 0.25) is 0 Å². The summed E-state index contributed by atoms with van der Waals surface area (Å²) in [5.74, 6) is -0.534. The van der Waals surface area contributed by atoms with Crippen LogP contribution in [0.25, 0.3) is 5.52 Å². The lowest BCUT2D eigenvalue weighted by atomic mass is 9.92. The molecule has 2 saturated heterocycles. The first-order valence-corrected chi connectivity index (χ1v) is 12.5. The molecule has 2 fully saturated rings. The van der Waals surface area contributed by atoms with E-state index >= 15 is 0 Å². The van der Waals surface area contributed by atoms with Crippen molar-refractivity contribution in [2.75, 3.05) is 18.9 Å². The fourth-order valence-corrected chi connectivity index (χ4v) is 5.86. The predicted octanol–water partition coefficient (Wildman–Crippen LogP) is 2.18. The van der Waals surface area contributed by atoms with Crippen molar-refractivity contribution in [3.05, 3.63) is 54.0 Å². The van der Waals surface area contributed by atoms with Crippen molar-refractivity contribution in [2.45, 2.75) is 37.3 Å². The maximum absolute atomic E-state index is 13.5. The second kappa shape index (κ2) is 9.16. The minimum Gasteiger partial charge on any atom is -0.462 e. The Labute approximate surface area is 204 Å². The van der Waals surface area contributed by atoms with Crippen LogP contribution in [0.3, 0.4) is 0 Å². The second-order valence-corrected chi connectivity index (χ2v) is 9.73. The Morgan fingerprint density at radius 2 is 2.19 bits per heavy atom. The van der Waals surface area contributed by atoms with Crippen LogP contribution in [0.1, 0.15) is 35.5 Å². The number of para-hydroxylation sites is 1. The van der Waals surface area contributed by atoms with Gasteiger partial charge in [-0.15, -0.1) is 0 Å². The van der Waals surface area contributed by atoms with Gasteiger partial charge in [0.2, 0.25) is 0 Å². The van der Waals surface area contributed by atoms with Gasteiger partial charge in [0.15, 0.2) is 5.82 Å². The number of carbonyl (C=O) groups is 1. The molecule has 5 atom stereocenters. The smallest absolute Gasteiger partial charge is 0.462 e. The van der Waals surface area contributed by atoms with Gasteiger partial charge in [-0.1, -0.05) is 12.1 Å². The van der Waals surface area contributed by atoms with E-state index in [-0.39, 0.29) is 36.8 Å². The normalized spacial score (nSPS) is 29.4. The van der Waals surface area contributed by atoms with Crippen LogP contribution < -0.4 is 10.3 Å². The molecule has 0 spiro atoms. The van der Waals surface area contributed by atoms with Gasteiger partial charge in [0.1, 0.15) is 47.1 Å². The molecule has 3 N–H and O–H groups in total. The quantitative estimate of drug-likeness (QED) is 0.361. The highest BCUT2D eigenvalue weighted by Gasteiger charge is 2.63. The highest BCUT2D eigenvalue weighted by molar-refractivity contribution is 7.49. The number of phosphoric acid groups is 1. The van der Waals surface area contributed by atoms with E-state index in [2.05, 4.69) is 10.1 Å². The molecular formula is C22H22N5O8P. The van der Waals surface area contributed by atoms with Gasteiger partial charge in [-0.3, -0.25) is 9.05 Å². The van der Waals surface area contributed by atoms with E-state index in [1.807, 2.05) is 6.07 Å². The molecule has 0 radical (unpaired) electrons. The van der Waals surface area contributed by atoms with Crippen LogP contribution in [0.4, 0.5) is 5.82 Å². The van der Waals surface area contributed by atoms with E-state index in [1.54, 1.807) is 31.2 Å². The molecule has 2 aliphatic rings. The highest BCUT2D eigenvalue weighted by atomic mass is 31.2. The molecule has 4 heterocycles. The number of nitrogens with zero attached hydrogens (tertiary/aromatic N) is 4. The number of hydrogen-bond donors (Lipinski definition) is 2. The number of esters is 1. The average Bonchev–Trinajstić information content (AvgIpc) is 3.40. The Morgan fingerprint density at radius 3 is 2.97 bits per heavy atom. The van der Waals surface area contributed by atoms with Gasteiger partial charge < -0.3 is 24.8 Å². The zero-order valence-electron chi connectivity index (χ0n) is 19.0. The van der Waals surface area contributed by atoms with E-state index in [1.165, 1.54) is 23.0 Å². The van der Waals surface area contributed by atoms with Crippen molar-refractivity contribution in [3.63, 3.8) is 0 Å². The zero-order valence-corrected chi connectivity index (χ0v) is 19.9. The molecule has 1 aromatic carbocycles. The summed E-state index contributed by atoms with van der Waals surface area (Å²) < 4.78 is 42.8. The number of aliphatic hydroxyl groups excluding tert-OH is 1. The summed E-state index contributed by atoms with van der Waals surface area (Å²) in [5, 5.41) is 24.9. The number of nitriles is 1. The maximum Gasteiger partial charge on any atom is 0.530 e. The minimum atomic E-state index is -4.36. The monoisotopic (exact) mass is 515 g/mol. The van der Waals surface area contributed by atoms with Crippen molar-refractivity contribution in [1.82, 2.24) is 14.6 Å². The van der Waals surface area contributed by atoms with E-state index in [0.717, 1.165) is 0 Å². The second-order valence-electron chi connectivity index (χ2n) is 8.18. The first-order valence-electron chi connectivity index (χ1n) is 11.0. The van der Waals surface area contributed by atoms with E-state index in [4.69, 9.17) is 28.8 Å². The van der Waals surface area contributed by atoms with Crippen LogP contribution in [0, 0.1) is 11.3 Å². The van der Waals surface area contributed by atoms with Crippen molar-refractivity contribution < 1.29 is 37.5 Å². The van der Waals surface area contributed by atoms with E-state index in [0.29, 0.717) is 11.2 Å². The number of phosphoric ester groups is 1. The minimum absolute atomic E-state index is 0.0219. The van der Waals surface area contributed by atoms with Crippen LogP contribution in [0.15, 0.2) is 42.7 Å². The first-order chi connectivity index (χ1) is 17.3. The molecule has 0 bridgehead atoms. The summed E-state index contributed by atoms with van der Waals surface area (Å²) in [4.78, 5) is 16.2. The number of fused-ring (bicyclic) bond motifs is 2. The van der Waals surface area contributed by atoms with Gasteiger partial charge in [0.25, 0.3) is 0 Å². The average molecular weight is 515 g/mol. The number of aromatic nitrogens is 3. The number of anilines is 1. The molecule has 188 valence electrons. The molecule has 0 saturated carbocycles. The number of ether oxygens (including phenoxy) is 2. The Balaban J connectivity index is 1.46. The molecule has 3 aromatic rings. The fraction of sp³-hybridized carbons (Fsp3) is 0.364. The molecule has 1 unspecified atom stereocenters. The maximum atomic E-state index is 13.5. The first kappa shape index (κ1) is 24.2. The van der Waals surface area contributed by atoms with Crippen LogP contribution in [-0.2, 0) is 23.1 Å². The number of aliphatic hydroxyl groups is 1. The Morgan fingerprint density at radius 1 is 1.39 bits per heavy atom. The van der Waals surface area contributed by atoms with Crippen molar-refractivity contribution in [1.29, 1.82) is 5.26 Å². The lowest BCUT2D eigenvalue weighted by molar-refractivity contribution is -0.130. The third-order valence-corrected chi connectivity index (χ3v) is 7.33. The third-order valence-electron chi connectivity index (χ3n) is 5.98. The van der Waals surface area contributed by atoms with Crippen LogP contribution >= 0.6 is 7.82 Å².